The van der Waals surface area contributed by atoms with E-state index < -0.39 is 11.8 Å². The van der Waals surface area contributed by atoms with Gasteiger partial charge in [0.1, 0.15) is 11.6 Å². The van der Waals surface area contributed by atoms with E-state index in [-0.39, 0.29) is 17.6 Å². The molecule has 2 aromatic heterocycles. The Labute approximate surface area is 381 Å². The molecule has 0 atom stereocenters. The van der Waals surface area contributed by atoms with E-state index in [9.17, 15) is 5.11 Å². The van der Waals surface area contributed by atoms with Gasteiger partial charge in [0, 0.05) is 25.8 Å². The second-order valence-electron chi connectivity index (χ2n) is 18.0. The van der Waals surface area contributed by atoms with E-state index in [2.05, 4.69) is 166 Å². The van der Waals surface area contributed by atoms with E-state index in [4.69, 9.17) is 12.7 Å². The number of rotatable bonds is 11. The number of nitrogens with zero attached hydrogens (tertiary/aromatic N) is 3. The zero-order chi connectivity index (χ0) is 46.5. The minimum absolute atomic E-state index is 0.0834. The van der Waals surface area contributed by atoms with E-state index in [1.165, 1.54) is 0 Å². The number of pyridine rings is 1. The molecule has 2 heterocycles. The van der Waals surface area contributed by atoms with Crippen LogP contribution in [0, 0.1) is 0 Å². The Morgan fingerprint density at radius 3 is 1.72 bits per heavy atom. The van der Waals surface area contributed by atoms with E-state index in [0.717, 1.165) is 94.7 Å². The predicted molar refractivity (Wildman–Crippen MR) is 270 cm³/mol. The molecule has 64 heavy (non-hydrogen) atoms. The first kappa shape index (κ1) is 39.8. The molecule has 0 aliphatic rings. The van der Waals surface area contributed by atoms with Crippen molar-refractivity contribution >= 4 is 11.0 Å². The fraction of sp³-hybridized carbons (Fsp3) is 0.200. The highest BCUT2D eigenvalue weighted by Crippen LogP contribution is 2.44. The quantitative estimate of drug-likeness (QED) is 0.141. The summed E-state index contributed by atoms with van der Waals surface area (Å²) in [6.07, 6.45) is 1.89. The number of hydrogen-bond donors (Lipinski definition) is 1. The summed E-state index contributed by atoms with van der Waals surface area (Å²) in [5.41, 5.74) is 17.1. The number of benzene rings is 7. The maximum atomic E-state index is 12.2. The van der Waals surface area contributed by atoms with Crippen molar-refractivity contribution in [3.05, 3.63) is 192 Å². The number of phenols is 1. The van der Waals surface area contributed by atoms with Crippen LogP contribution >= 0.6 is 0 Å². The first-order valence-electron chi connectivity index (χ1n) is 23.4. The van der Waals surface area contributed by atoms with E-state index in [1.807, 2.05) is 64.2 Å². The smallest absolute Gasteiger partial charge is 0.149 e. The largest absolute Gasteiger partial charge is 0.507 e. The van der Waals surface area contributed by atoms with Gasteiger partial charge in [0.2, 0.25) is 0 Å². The minimum Gasteiger partial charge on any atom is -0.507 e. The Balaban J connectivity index is 1.30. The van der Waals surface area contributed by atoms with Crippen molar-refractivity contribution in [1.29, 1.82) is 0 Å². The number of hydrogen-bond acceptors (Lipinski definition) is 3. The van der Waals surface area contributed by atoms with Crippen LogP contribution in [0.1, 0.15) is 104 Å². The molecule has 318 valence electrons. The minimum atomic E-state index is -0.884. The molecule has 0 aliphatic carbocycles. The van der Waals surface area contributed by atoms with E-state index in [1.54, 1.807) is 0 Å². The van der Waals surface area contributed by atoms with Crippen LogP contribution < -0.4 is 0 Å². The molecule has 0 fully saturated rings. The average Bonchev–Trinajstić information content (AvgIpc) is 3.71. The normalized spacial score (nSPS) is 12.5. The van der Waals surface area contributed by atoms with Gasteiger partial charge in [0.05, 0.1) is 22.3 Å². The molecule has 0 radical (unpaired) electrons. The Kier molecular flexibility index (Phi) is 10.9. The Hall–Kier alpha value is -7.04. The first-order chi connectivity index (χ1) is 31.6. The lowest BCUT2D eigenvalue weighted by atomic mass is 9.85. The topological polar surface area (TPSA) is 50.9 Å². The number of imidazole rings is 1. The lowest BCUT2D eigenvalue weighted by Crippen LogP contribution is -2.02. The third-order valence-corrected chi connectivity index (χ3v) is 12.4. The second kappa shape index (κ2) is 17.6. The average molecular weight is 838 g/mol. The lowest BCUT2D eigenvalue weighted by Gasteiger charge is -2.21. The van der Waals surface area contributed by atoms with Gasteiger partial charge in [-0.05, 0) is 139 Å². The summed E-state index contributed by atoms with van der Waals surface area (Å²) in [7, 11) is 0. The van der Waals surface area contributed by atoms with Crippen LogP contribution in [-0.2, 0) is 0 Å². The predicted octanol–water partition coefficient (Wildman–Crippen LogP) is 16.6. The summed E-state index contributed by atoms with van der Waals surface area (Å²) in [5, 5.41) is 12.2. The van der Waals surface area contributed by atoms with Gasteiger partial charge in [-0.1, -0.05) is 165 Å². The van der Waals surface area contributed by atoms with Crippen molar-refractivity contribution < 1.29 is 7.85 Å². The van der Waals surface area contributed by atoms with Crippen LogP contribution in [0.5, 0.6) is 5.75 Å². The molecular formula is C60H57N3O. The summed E-state index contributed by atoms with van der Waals surface area (Å²) < 4.78 is 20.4. The van der Waals surface area contributed by atoms with Crippen LogP contribution in [0.25, 0.3) is 83.9 Å². The third-order valence-electron chi connectivity index (χ3n) is 12.4. The molecule has 0 unspecified atom stereocenters. The van der Waals surface area contributed by atoms with Crippen molar-refractivity contribution in [1.82, 2.24) is 14.5 Å². The maximum absolute atomic E-state index is 12.2. The lowest BCUT2D eigenvalue weighted by molar-refractivity contribution is 0.466. The van der Waals surface area contributed by atoms with Crippen LogP contribution in [-0.4, -0.2) is 19.6 Å². The van der Waals surface area contributed by atoms with Crippen molar-refractivity contribution in [3.8, 4) is 78.6 Å². The van der Waals surface area contributed by atoms with Gasteiger partial charge in [-0.3, -0.25) is 9.55 Å². The zero-order valence-electron chi connectivity index (χ0n) is 40.1. The van der Waals surface area contributed by atoms with Crippen LogP contribution in [0.3, 0.4) is 0 Å². The molecule has 0 amide bonds. The highest BCUT2D eigenvalue weighted by Gasteiger charge is 2.24. The first-order valence-corrected chi connectivity index (χ1v) is 22.4. The number of aromatic nitrogens is 3. The summed E-state index contributed by atoms with van der Waals surface area (Å²) in [6, 6.07) is 56.8. The number of para-hydroxylation sites is 1. The molecule has 9 rings (SSSR count). The maximum Gasteiger partial charge on any atom is 0.149 e. The van der Waals surface area contributed by atoms with Crippen LogP contribution in [0.2, 0.25) is 0 Å². The molecule has 4 nitrogen and oxygen atoms in total. The van der Waals surface area contributed by atoms with Crippen molar-refractivity contribution in [2.75, 3.05) is 0 Å². The van der Waals surface area contributed by atoms with Gasteiger partial charge in [-0.25, -0.2) is 4.98 Å². The van der Waals surface area contributed by atoms with Crippen molar-refractivity contribution in [2.24, 2.45) is 0 Å². The third kappa shape index (κ3) is 8.05. The van der Waals surface area contributed by atoms with Gasteiger partial charge in [-0.15, -0.1) is 0 Å². The van der Waals surface area contributed by atoms with E-state index in [0.29, 0.717) is 11.4 Å². The SMILES string of the molecule is [2H]C(C)(C)c1cccc(C([2H])(C)C)c1-c1ccc(-n2c(-c3cc(C(C)C)cc(C(C)C)c3O)nc3c(-c4cc(-c5ccccc5)cc(-c5cc(-c6ccccc6)ccn5)c4)cccc32)cc1. The van der Waals surface area contributed by atoms with Crippen molar-refractivity contribution in [2.45, 2.75) is 79.0 Å². The molecule has 0 bridgehead atoms. The highest BCUT2D eigenvalue weighted by atomic mass is 16.3. The molecular weight excluding hydrogens is 779 g/mol. The summed E-state index contributed by atoms with van der Waals surface area (Å²) in [4.78, 5) is 10.5. The number of fused-ring (bicyclic) bond motifs is 1. The molecule has 0 aliphatic heterocycles. The molecule has 4 heteroatoms. The molecule has 1 N–H and O–H groups in total. The Bertz CT molecular complexity index is 3180. The van der Waals surface area contributed by atoms with Gasteiger partial charge in [0.25, 0.3) is 0 Å². The van der Waals surface area contributed by atoms with E-state index >= 15 is 0 Å². The Morgan fingerprint density at radius 1 is 0.484 bits per heavy atom. The van der Waals surface area contributed by atoms with Gasteiger partial charge >= 0.3 is 0 Å². The molecule has 0 saturated heterocycles. The molecule has 9 aromatic rings. The fourth-order valence-corrected chi connectivity index (χ4v) is 9.00. The second-order valence-corrected chi connectivity index (χ2v) is 18.0. The molecule has 0 saturated carbocycles. The van der Waals surface area contributed by atoms with Gasteiger partial charge in [-0.2, -0.15) is 0 Å². The highest BCUT2D eigenvalue weighted by molar-refractivity contribution is 5.98. The van der Waals surface area contributed by atoms with Gasteiger partial charge in [0.15, 0.2) is 0 Å². The molecule has 7 aromatic carbocycles. The monoisotopic (exact) mass is 837 g/mol. The van der Waals surface area contributed by atoms with Crippen LogP contribution in [0.4, 0.5) is 0 Å². The van der Waals surface area contributed by atoms with Gasteiger partial charge < -0.3 is 5.11 Å². The number of aromatic hydroxyl groups is 1. The van der Waals surface area contributed by atoms with Crippen molar-refractivity contribution in [3.63, 3.8) is 0 Å². The fourth-order valence-electron chi connectivity index (χ4n) is 9.00. The summed E-state index contributed by atoms with van der Waals surface area (Å²) in [5.74, 6) is -0.588. The summed E-state index contributed by atoms with van der Waals surface area (Å²) in [6.45, 7) is 16.2. The zero-order valence-corrected chi connectivity index (χ0v) is 38.1. The van der Waals surface area contributed by atoms with Crippen LogP contribution in [0.15, 0.2) is 170 Å². The number of phenolic OH excluding ortho intramolecular Hbond substituents is 1. The summed E-state index contributed by atoms with van der Waals surface area (Å²) >= 11 is 0. The standard InChI is InChI=1S/C60H57N3O/c1-37(2)45-34-53(40(7)8)59(64)54(35-45)60-62-58-52(23-16-24-56(58)63(60)49-27-25-43(26-28-49)57-50(38(3)4)21-15-22-51(57)39(5)6)47-31-46(42-19-13-10-14-20-42)32-48(33-47)55-36-44(29-30-61-55)41-17-11-9-12-18-41/h9-40,64H,1-8H3/i38D,39D. The Morgan fingerprint density at radius 2 is 1.09 bits per heavy atom. The molecule has 0 spiro atoms.